The van der Waals surface area contributed by atoms with Crippen molar-refractivity contribution >= 4 is 31.9 Å². The number of allylic oxidation sites excluding steroid dienone is 4. The molecule has 0 amide bonds. The molecule has 0 saturated heterocycles. The van der Waals surface area contributed by atoms with Crippen molar-refractivity contribution in [2.24, 2.45) is 5.92 Å². The zero-order chi connectivity index (χ0) is 25.1. The summed E-state index contributed by atoms with van der Waals surface area (Å²) in [6, 6.07) is 23.2. The molecule has 0 spiro atoms. The molecule has 1 unspecified atom stereocenters. The number of halogens is 2. The predicted octanol–water partition coefficient (Wildman–Crippen LogP) is 11.0. The molecule has 0 radical (unpaired) electrons. The number of hydrogen-bond donors (Lipinski definition) is 0. The standard InChI is InChI=1S/C34H36Br2/c1-3-4-5-6-7-8-9-25-12-16-27(17-13-25)34(26-14-10-24(2)11-15-26)32-22-28(35)18-20-30(32)31-21-19-29(36)23-33(31)34/h10,12-24H,3-9,11H2,1-2H3. The molecule has 0 saturated carbocycles. The molecule has 0 aliphatic heterocycles. The maximum Gasteiger partial charge on any atom is 0.0711 e. The summed E-state index contributed by atoms with van der Waals surface area (Å²) in [5, 5.41) is 0. The third-order valence-electron chi connectivity index (χ3n) is 8.01. The van der Waals surface area contributed by atoms with Crippen LogP contribution in [0, 0.1) is 5.92 Å². The van der Waals surface area contributed by atoms with Crippen LogP contribution in [0.1, 0.15) is 81.0 Å². The second-order valence-electron chi connectivity index (χ2n) is 10.6. The Bertz CT molecular complexity index is 1230. The summed E-state index contributed by atoms with van der Waals surface area (Å²) in [5.74, 6) is 0.580. The van der Waals surface area contributed by atoms with Crippen molar-refractivity contribution in [1.29, 1.82) is 0 Å². The van der Waals surface area contributed by atoms with E-state index in [1.807, 2.05) is 0 Å². The normalized spacial score (nSPS) is 17.6. The van der Waals surface area contributed by atoms with E-state index in [2.05, 4.69) is 125 Å². The summed E-state index contributed by atoms with van der Waals surface area (Å²) < 4.78 is 2.26. The van der Waals surface area contributed by atoms with Crippen LogP contribution >= 0.6 is 31.9 Å². The van der Waals surface area contributed by atoms with Gasteiger partial charge in [0.25, 0.3) is 0 Å². The van der Waals surface area contributed by atoms with Crippen molar-refractivity contribution in [2.45, 2.75) is 70.6 Å². The van der Waals surface area contributed by atoms with Crippen molar-refractivity contribution in [3.63, 3.8) is 0 Å². The Balaban J connectivity index is 1.58. The number of benzene rings is 3. The zero-order valence-electron chi connectivity index (χ0n) is 21.5. The first-order valence-electron chi connectivity index (χ1n) is 13.6. The van der Waals surface area contributed by atoms with Gasteiger partial charge in [0, 0.05) is 8.95 Å². The maximum atomic E-state index is 3.80. The Labute approximate surface area is 234 Å². The molecular weight excluding hydrogens is 568 g/mol. The number of rotatable bonds is 9. The third-order valence-corrected chi connectivity index (χ3v) is 9.00. The molecule has 2 heteroatoms. The lowest BCUT2D eigenvalue weighted by Crippen LogP contribution is -2.30. The zero-order valence-corrected chi connectivity index (χ0v) is 24.7. The van der Waals surface area contributed by atoms with Gasteiger partial charge in [-0.15, -0.1) is 0 Å². The lowest BCUT2D eigenvalue weighted by molar-refractivity contribution is 0.607. The van der Waals surface area contributed by atoms with E-state index in [0.717, 1.165) is 15.4 Å². The van der Waals surface area contributed by atoms with Crippen LogP contribution in [0.25, 0.3) is 11.1 Å². The van der Waals surface area contributed by atoms with Gasteiger partial charge in [-0.25, -0.2) is 0 Å². The summed E-state index contributed by atoms with van der Waals surface area (Å²) in [6.45, 7) is 4.59. The van der Waals surface area contributed by atoms with E-state index in [0.29, 0.717) is 5.92 Å². The highest BCUT2D eigenvalue weighted by molar-refractivity contribution is 9.10. The van der Waals surface area contributed by atoms with Crippen molar-refractivity contribution in [3.8, 4) is 11.1 Å². The van der Waals surface area contributed by atoms with E-state index in [1.54, 1.807) is 0 Å². The Hall–Kier alpha value is -1.90. The highest BCUT2D eigenvalue weighted by atomic mass is 79.9. The summed E-state index contributed by atoms with van der Waals surface area (Å²) in [5.41, 5.74) is 9.31. The van der Waals surface area contributed by atoms with Gasteiger partial charge in [-0.3, -0.25) is 0 Å². The highest BCUT2D eigenvalue weighted by Gasteiger charge is 2.47. The van der Waals surface area contributed by atoms with Gasteiger partial charge in [0.15, 0.2) is 0 Å². The predicted molar refractivity (Wildman–Crippen MR) is 162 cm³/mol. The average molecular weight is 604 g/mol. The van der Waals surface area contributed by atoms with Gasteiger partial charge in [-0.2, -0.15) is 0 Å². The minimum atomic E-state index is -0.312. The van der Waals surface area contributed by atoms with E-state index in [4.69, 9.17) is 0 Å². The van der Waals surface area contributed by atoms with Crippen LogP contribution in [0.4, 0.5) is 0 Å². The second-order valence-corrected chi connectivity index (χ2v) is 12.4. The van der Waals surface area contributed by atoms with Crippen molar-refractivity contribution in [2.75, 3.05) is 0 Å². The molecule has 3 aromatic rings. The largest absolute Gasteiger partial charge is 0.0811 e. The number of aryl methyl sites for hydroxylation is 1. The smallest absolute Gasteiger partial charge is 0.0711 e. The van der Waals surface area contributed by atoms with Crippen LogP contribution in [0.2, 0.25) is 0 Å². The summed E-state index contributed by atoms with van der Waals surface area (Å²) in [6.07, 6.45) is 17.6. The highest BCUT2D eigenvalue weighted by Crippen LogP contribution is 2.58. The van der Waals surface area contributed by atoms with Gasteiger partial charge >= 0.3 is 0 Å². The number of hydrogen-bond acceptors (Lipinski definition) is 0. The monoisotopic (exact) mass is 602 g/mol. The minimum Gasteiger partial charge on any atom is -0.0811 e. The van der Waals surface area contributed by atoms with E-state index < -0.39 is 0 Å². The van der Waals surface area contributed by atoms with Crippen molar-refractivity contribution < 1.29 is 0 Å². The Morgan fingerprint density at radius 3 is 1.97 bits per heavy atom. The van der Waals surface area contributed by atoms with Gasteiger partial charge in [0.1, 0.15) is 0 Å². The van der Waals surface area contributed by atoms with Crippen LogP contribution in [-0.2, 0) is 11.8 Å². The molecule has 0 heterocycles. The van der Waals surface area contributed by atoms with Crippen LogP contribution < -0.4 is 0 Å². The Kier molecular flexibility index (Phi) is 8.03. The van der Waals surface area contributed by atoms with E-state index >= 15 is 0 Å². The molecule has 0 aromatic heterocycles. The van der Waals surface area contributed by atoms with Gasteiger partial charge in [0.05, 0.1) is 5.41 Å². The first-order valence-corrected chi connectivity index (χ1v) is 15.2. The van der Waals surface area contributed by atoms with Crippen molar-refractivity contribution in [3.05, 3.63) is 116 Å². The lowest BCUT2D eigenvalue weighted by Gasteiger charge is -2.36. The first kappa shape index (κ1) is 25.7. The lowest BCUT2D eigenvalue weighted by atomic mass is 9.65. The molecule has 0 N–H and O–H groups in total. The summed E-state index contributed by atoms with van der Waals surface area (Å²) >= 11 is 7.60. The fourth-order valence-electron chi connectivity index (χ4n) is 6.09. The molecule has 0 nitrogen and oxygen atoms in total. The molecule has 2 aliphatic rings. The Morgan fingerprint density at radius 1 is 0.778 bits per heavy atom. The maximum absolute atomic E-state index is 3.80. The van der Waals surface area contributed by atoms with Crippen LogP contribution in [-0.4, -0.2) is 0 Å². The fraction of sp³-hybridized carbons (Fsp3) is 0.353. The number of fused-ring (bicyclic) bond motifs is 3. The Morgan fingerprint density at radius 2 is 1.39 bits per heavy atom. The van der Waals surface area contributed by atoms with Crippen molar-refractivity contribution in [1.82, 2.24) is 0 Å². The third kappa shape index (κ3) is 4.84. The molecule has 3 aromatic carbocycles. The van der Waals surface area contributed by atoms with Crippen LogP contribution in [0.3, 0.4) is 0 Å². The quantitative estimate of drug-likeness (QED) is 0.213. The summed E-state index contributed by atoms with van der Waals surface area (Å²) in [7, 11) is 0. The minimum absolute atomic E-state index is 0.312. The molecule has 2 aliphatic carbocycles. The summed E-state index contributed by atoms with van der Waals surface area (Å²) in [4.78, 5) is 0. The first-order chi connectivity index (χ1) is 17.5. The van der Waals surface area contributed by atoms with Crippen LogP contribution in [0.5, 0.6) is 0 Å². The molecule has 1 atom stereocenters. The van der Waals surface area contributed by atoms with E-state index in [9.17, 15) is 0 Å². The average Bonchev–Trinajstić information content (AvgIpc) is 3.16. The van der Waals surface area contributed by atoms with Crippen LogP contribution in [0.15, 0.2) is 93.4 Å². The van der Waals surface area contributed by atoms with Gasteiger partial charge in [0.2, 0.25) is 0 Å². The molecular formula is C34H36Br2. The number of unbranched alkanes of at least 4 members (excludes halogenated alkanes) is 5. The van der Waals surface area contributed by atoms with E-state index in [-0.39, 0.29) is 5.41 Å². The molecule has 0 bridgehead atoms. The molecule has 0 fully saturated rings. The van der Waals surface area contributed by atoms with E-state index in [1.165, 1.54) is 83.9 Å². The fourth-order valence-corrected chi connectivity index (χ4v) is 6.82. The SMILES string of the molecule is CCCCCCCCc1ccc(C2(C3=CCC(C)C=C3)c3cc(Br)ccc3-c3ccc(Br)cc32)cc1. The van der Waals surface area contributed by atoms with Gasteiger partial charge in [-0.1, -0.05) is 132 Å². The topological polar surface area (TPSA) is 0 Å². The van der Waals surface area contributed by atoms with Gasteiger partial charge in [-0.05, 0) is 88.4 Å². The molecule has 36 heavy (non-hydrogen) atoms. The second kappa shape index (κ2) is 11.2. The molecule has 5 rings (SSSR count). The van der Waals surface area contributed by atoms with Gasteiger partial charge < -0.3 is 0 Å². The molecule has 186 valence electrons.